The number of carbonyl (C=O) groups excluding carboxylic acids is 1. The number of aryl methyl sites for hydroxylation is 1. The average Bonchev–Trinajstić information content (AvgIpc) is 3.28. The lowest BCUT2D eigenvalue weighted by Crippen LogP contribution is -2.53. The maximum absolute atomic E-state index is 14.2. The van der Waals surface area contributed by atoms with Crippen molar-refractivity contribution in [3.05, 3.63) is 47.3 Å². The van der Waals surface area contributed by atoms with Crippen molar-refractivity contribution in [1.82, 2.24) is 15.1 Å². The first-order valence-corrected chi connectivity index (χ1v) is 8.56. The Morgan fingerprint density at radius 3 is 2.52 bits per heavy atom. The number of benzene rings is 1. The molecule has 5 nitrogen and oxygen atoms in total. The minimum atomic E-state index is -0.985. The Balaban J connectivity index is 1.55. The molecular formula is C18H20F2N4O. The van der Waals surface area contributed by atoms with E-state index in [1.54, 1.807) is 17.9 Å². The second-order valence-electron chi connectivity index (χ2n) is 6.99. The fraction of sp³-hybridized carbons (Fsp3) is 0.444. The standard InChI is InChI=1S/C18H20F2N4O/c1-24-10-14(16(23-24)11-6-7-11)21-17(25)22-18(8-3-9-18)15-12(19)4-2-5-13(15)20/h2,4-5,10-11H,3,6-9H2,1H3,(H2,21,22,25). The first-order chi connectivity index (χ1) is 12.0. The van der Waals surface area contributed by atoms with Gasteiger partial charge in [0.1, 0.15) is 11.6 Å². The summed E-state index contributed by atoms with van der Waals surface area (Å²) in [5.74, 6) is -0.863. The summed E-state index contributed by atoms with van der Waals surface area (Å²) in [5, 5.41) is 10.0. The summed E-state index contributed by atoms with van der Waals surface area (Å²) in [5.41, 5.74) is 0.495. The molecule has 0 radical (unpaired) electrons. The zero-order valence-corrected chi connectivity index (χ0v) is 14.0. The molecule has 1 heterocycles. The van der Waals surface area contributed by atoms with Crippen molar-refractivity contribution in [2.75, 3.05) is 5.32 Å². The van der Waals surface area contributed by atoms with Gasteiger partial charge < -0.3 is 10.6 Å². The number of halogens is 2. The predicted octanol–water partition coefficient (Wildman–Crippen LogP) is 3.78. The third-order valence-corrected chi connectivity index (χ3v) is 5.07. The van der Waals surface area contributed by atoms with Crippen LogP contribution in [0.3, 0.4) is 0 Å². The van der Waals surface area contributed by atoms with Crippen LogP contribution in [-0.4, -0.2) is 15.8 Å². The number of carbonyl (C=O) groups is 1. The molecule has 2 aliphatic carbocycles. The van der Waals surface area contributed by atoms with Crippen molar-refractivity contribution < 1.29 is 13.6 Å². The Labute approximate surface area is 144 Å². The molecule has 1 aromatic carbocycles. The van der Waals surface area contributed by atoms with E-state index < -0.39 is 23.2 Å². The van der Waals surface area contributed by atoms with E-state index in [9.17, 15) is 13.6 Å². The van der Waals surface area contributed by atoms with Crippen molar-refractivity contribution in [2.45, 2.75) is 43.6 Å². The molecule has 0 unspecified atom stereocenters. The first-order valence-electron chi connectivity index (χ1n) is 8.56. The zero-order chi connectivity index (χ0) is 17.6. The number of urea groups is 1. The SMILES string of the molecule is Cn1cc(NC(=O)NC2(c3c(F)cccc3F)CCC2)c(C2CC2)n1. The molecule has 2 amide bonds. The molecule has 1 aromatic heterocycles. The normalized spacial score (nSPS) is 18.5. The van der Waals surface area contributed by atoms with Crippen LogP contribution in [-0.2, 0) is 12.6 Å². The lowest BCUT2D eigenvalue weighted by Gasteiger charge is -2.43. The maximum Gasteiger partial charge on any atom is 0.320 e. The second-order valence-corrected chi connectivity index (χ2v) is 6.99. The fourth-order valence-corrected chi connectivity index (χ4v) is 3.55. The van der Waals surface area contributed by atoms with Gasteiger partial charge in [-0.25, -0.2) is 13.6 Å². The quantitative estimate of drug-likeness (QED) is 0.885. The molecule has 2 aromatic rings. The highest BCUT2D eigenvalue weighted by Gasteiger charge is 2.44. The van der Waals surface area contributed by atoms with E-state index in [1.165, 1.54) is 18.2 Å². The molecule has 7 heteroatoms. The van der Waals surface area contributed by atoms with Gasteiger partial charge in [0.2, 0.25) is 0 Å². The van der Waals surface area contributed by atoms with Gasteiger partial charge in [0, 0.05) is 24.7 Å². The van der Waals surface area contributed by atoms with E-state index >= 15 is 0 Å². The van der Waals surface area contributed by atoms with Crippen LogP contribution < -0.4 is 10.6 Å². The largest absolute Gasteiger partial charge is 0.328 e. The summed E-state index contributed by atoms with van der Waals surface area (Å²) in [6.45, 7) is 0. The van der Waals surface area contributed by atoms with Crippen molar-refractivity contribution in [3.8, 4) is 0 Å². The highest BCUT2D eigenvalue weighted by atomic mass is 19.1. The Kier molecular flexibility index (Phi) is 3.74. The van der Waals surface area contributed by atoms with E-state index in [2.05, 4.69) is 15.7 Å². The van der Waals surface area contributed by atoms with E-state index in [0.29, 0.717) is 24.4 Å². The van der Waals surface area contributed by atoms with Gasteiger partial charge >= 0.3 is 6.03 Å². The molecule has 2 fully saturated rings. The smallest absolute Gasteiger partial charge is 0.320 e. The highest BCUT2D eigenvalue weighted by molar-refractivity contribution is 5.90. The molecule has 0 spiro atoms. The number of nitrogens with zero attached hydrogens (tertiary/aromatic N) is 2. The Morgan fingerprint density at radius 2 is 1.96 bits per heavy atom. The van der Waals surface area contributed by atoms with Crippen LogP contribution in [0.15, 0.2) is 24.4 Å². The number of aromatic nitrogens is 2. The van der Waals surface area contributed by atoms with Gasteiger partial charge in [-0.1, -0.05) is 6.07 Å². The fourth-order valence-electron chi connectivity index (χ4n) is 3.55. The monoisotopic (exact) mass is 346 g/mol. The summed E-state index contributed by atoms with van der Waals surface area (Å²) in [7, 11) is 1.80. The summed E-state index contributed by atoms with van der Waals surface area (Å²) < 4.78 is 30.1. The van der Waals surface area contributed by atoms with Gasteiger partial charge in [0.05, 0.1) is 16.9 Å². The predicted molar refractivity (Wildman–Crippen MR) is 89.2 cm³/mol. The maximum atomic E-state index is 14.2. The first kappa shape index (κ1) is 16.1. The van der Waals surface area contributed by atoms with Gasteiger partial charge in [-0.05, 0) is 44.2 Å². The number of hydrogen-bond donors (Lipinski definition) is 2. The van der Waals surface area contributed by atoms with Crippen LogP contribution >= 0.6 is 0 Å². The van der Waals surface area contributed by atoms with Gasteiger partial charge in [-0.15, -0.1) is 0 Å². The molecule has 0 atom stereocenters. The molecule has 0 aliphatic heterocycles. The van der Waals surface area contributed by atoms with E-state index in [1.807, 2.05) is 0 Å². The van der Waals surface area contributed by atoms with Crippen molar-refractivity contribution >= 4 is 11.7 Å². The van der Waals surface area contributed by atoms with Crippen LogP contribution in [0.5, 0.6) is 0 Å². The summed E-state index contributed by atoms with van der Waals surface area (Å²) in [6, 6.07) is 3.32. The molecule has 4 rings (SSSR count). The van der Waals surface area contributed by atoms with Crippen molar-refractivity contribution in [1.29, 1.82) is 0 Å². The summed E-state index contributed by atoms with van der Waals surface area (Å²) in [4.78, 5) is 12.5. The lowest BCUT2D eigenvalue weighted by molar-refractivity contribution is 0.175. The number of rotatable bonds is 4. The van der Waals surface area contributed by atoms with Crippen LogP contribution in [0.2, 0.25) is 0 Å². The summed E-state index contributed by atoms with van der Waals surface area (Å²) >= 11 is 0. The molecule has 132 valence electrons. The molecule has 0 bridgehead atoms. The second kappa shape index (κ2) is 5.82. The Bertz CT molecular complexity index is 804. The number of anilines is 1. The number of nitrogens with one attached hydrogen (secondary N) is 2. The molecular weight excluding hydrogens is 326 g/mol. The van der Waals surface area contributed by atoms with Crippen LogP contribution in [0.4, 0.5) is 19.3 Å². The average molecular weight is 346 g/mol. The van der Waals surface area contributed by atoms with Gasteiger partial charge in [-0.2, -0.15) is 5.10 Å². The number of hydrogen-bond acceptors (Lipinski definition) is 2. The minimum absolute atomic E-state index is 0.0509. The molecule has 25 heavy (non-hydrogen) atoms. The topological polar surface area (TPSA) is 59.0 Å². The van der Waals surface area contributed by atoms with Crippen LogP contribution in [0.25, 0.3) is 0 Å². The minimum Gasteiger partial charge on any atom is -0.328 e. The molecule has 2 N–H and O–H groups in total. The Morgan fingerprint density at radius 1 is 1.28 bits per heavy atom. The van der Waals surface area contributed by atoms with Crippen molar-refractivity contribution in [3.63, 3.8) is 0 Å². The molecule has 2 saturated carbocycles. The van der Waals surface area contributed by atoms with Crippen LogP contribution in [0, 0.1) is 11.6 Å². The molecule has 2 aliphatic rings. The highest BCUT2D eigenvalue weighted by Crippen LogP contribution is 2.44. The van der Waals surface area contributed by atoms with Crippen molar-refractivity contribution in [2.24, 2.45) is 7.05 Å². The van der Waals surface area contributed by atoms with E-state index in [-0.39, 0.29) is 5.56 Å². The lowest BCUT2D eigenvalue weighted by atomic mass is 9.71. The van der Waals surface area contributed by atoms with Gasteiger partial charge in [0.15, 0.2) is 0 Å². The Hall–Kier alpha value is -2.44. The zero-order valence-electron chi connectivity index (χ0n) is 14.0. The van der Waals surface area contributed by atoms with E-state index in [4.69, 9.17) is 0 Å². The summed E-state index contributed by atoms with van der Waals surface area (Å²) in [6.07, 6.45) is 5.73. The third kappa shape index (κ3) is 2.88. The van der Waals surface area contributed by atoms with Gasteiger partial charge in [-0.3, -0.25) is 4.68 Å². The van der Waals surface area contributed by atoms with Gasteiger partial charge in [0.25, 0.3) is 0 Å². The third-order valence-electron chi connectivity index (χ3n) is 5.07. The molecule has 0 saturated heterocycles. The van der Waals surface area contributed by atoms with E-state index in [0.717, 1.165) is 25.0 Å². The van der Waals surface area contributed by atoms with Crippen LogP contribution in [0.1, 0.15) is 49.3 Å². The number of amides is 2.